The number of nitrogens with zero attached hydrogens (tertiary/aromatic N) is 2. The molecule has 1 rings (SSSR count). The Kier molecular flexibility index (Phi) is 8.62. The molecule has 0 aromatic heterocycles. The van der Waals surface area contributed by atoms with E-state index >= 15 is 0 Å². The van der Waals surface area contributed by atoms with E-state index in [1.165, 1.54) is 12.8 Å². The second kappa shape index (κ2) is 9.96. The van der Waals surface area contributed by atoms with E-state index in [0.717, 1.165) is 50.6 Å². The second-order valence-electron chi connectivity index (χ2n) is 6.29. The first kappa shape index (κ1) is 18.2. The molecule has 1 saturated heterocycles. The van der Waals surface area contributed by atoms with E-state index in [4.69, 9.17) is 0 Å². The van der Waals surface area contributed by atoms with Crippen molar-refractivity contribution in [2.75, 3.05) is 45.8 Å². The number of hydrogen-bond acceptors (Lipinski definition) is 3. The third-order valence-electron chi connectivity index (χ3n) is 4.07. The van der Waals surface area contributed by atoms with Crippen LogP contribution in [0.3, 0.4) is 0 Å². The van der Waals surface area contributed by atoms with Crippen LogP contribution >= 0.6 is 0 Å². The second-order valence-corrected chi connectivity index (χ2v) is 6.29. The Balaban J connectivity index is 2.50. The van der Waals surface area contributed by atoms with Crippen LogP contribution in [0.5, 0.6) is 0 Å². The van der Waals surface area contributed by atoms with Crippen LogP contribution in [-0.4, -0.2) is 61.5 Å². The highest BCUT2D eigenvalue weighted by atomic mass is 16.2. The summed E-state index contributed by atoms with van der Waals surface area (Å²) in [6, 6.07) is 0. The minimum Gasteiger partial charge on any atom is -0.338 e. The molecular weight excluding hydrogens is 262 g/mol. The fraction of sp³-hybridized carbons (Fsp3) is 0.824. The van der Waals surface area contributed by atoms with Gasteiger partial charge >= 0.3 is 0 Å². The van der Waals surface area contributed by atoms with Crippen molar-refractivity contribution in [1.29, 1.82) is 0 Å². The molecule has 0 radical (unpaired) electrons. The van der Waals surface area contributed by atoms with Crippen LogP contribution in [0, 0.1) is 5.92 Å². The number of likely N-dealkylation sites (N-methyl/N-ethyl adjacent to an activating group) is 1. The normalized spacial score (nSPS) is 16.2. The first-order chi connectivity index (χ1) is 10.1. The molecule has 0 aromatic rings. The summed E-state index contributed by atoms with van der Waals surface area (Å²) in [6.45, 7) is 16.4. The van der Waals surface area contributed by atoms with Gasteiger partial charge in [0.15, 0.2) is 0 Å². The van der Waals surface area contributed by atoms with E-state index in [1.54, 1.807) is 0 Å². The molecule has 21 heavy (non-hydrogen) atoms. The largest absolute Gasteiger partial charge is 0.338 e. The third-order valence-corrected chi connectivity index (χ3v) is 4.07. The van der Waals surface area contributed by atoms with E-state index < -0.39 is 0 Å². The van der Waals surface area contributed by atoms with Gasteiger partial charge < -0.3 is 10.2 Å². The zero-order valence-corrected chi connectivity index (χ0v) is 14.2. The molecule has 0 atom stereocenters. The number of amides is 1. The van der Waals surface area contributed by atoms with E-state index in [1.807, 2.05) is 18.7 Å². The summed E-state index contributed by atoms with van der Waals surface area (Å²) in [6.07, 6.45) is 3.57. The molecular formula is C17H33N3O. The molecule has 122 valence electrons. The van der Waals surface area contributed by atoms with E-state index in [9.17, 15) is 4.79 Å². The van der Waals surface area contributed by atoms with Crippen molar-refractivity contribution in [2.24, 2.45) is 5.92 Å². The van der Waals surface area contributed by atoms with Gasteiger partial charge in [0.05, 0.1) is 6.54 Å². The smallest absolute Gasteiger partial charge is 0.237 e. The van der Waals surface area contributed by atoms with Gasteiger partial charge in [-0.15, -0.1) is 0 Å². The van der Waals surface area contributed by atoms with Crippen molar-refractivity contribution in [3.8, 4) is 0 Å². The number of carbonyl (C=O) groups excluding carboxylic acids is 1. The van der Waals surface area contributed by atoms with Crippen LogP contribution in [0.1, 0.15) is 40.0 Å². The van der Waals surface area contributed by atoms with Crippen LogP contribution in [0.25, 0.3) is 0 Å². The van der Waals surface area contributed by atoms with Crippen molar-refractivity contribution in [1.82, 2.24) is 15.1 Å². The molecule has 1 heterocycles. The highest BCUT2D eigenvalue weighted by Gasteiger charge is 2.20. The molecule has 0 aliphatic carbocycles. The highest BCUT2D eigenvalue weighted by molar-refractivity contribution is 5.78. The molecule has 1 aliphatic rings. The lowest BCUT2D eigenvalue weighted by molar-refractivity contribution is -0.132. The van der Waals surface area contributed by atoms with Gasteiger partial charge in [0, 0.05) is 19.6 Å². The van der Waals surface area contributed by atoms with Crippen molar-refractivity contribution >= 4 is 5.91 Å². The molecule has 4 heteroatoms. The minimum absolute atomic E-state index is 0.239. The summed E-state index contributed by atoms with van der Waals surface area (Å²) in [7, 11) is 0. The topological polar surface area (TPSA) is 35.6 Å². The number of hydrogen-bond donors (Lipinski definition) is 1. The van der Waals surface area contributed by atoms with Crippen molar-refractivity contribution in [2.45, 2.75) is 40.0 Å². The van der Waals surface area contributed by atoms with Crippen LogP contribution in [0.4, 0.5) is 0 Å². The van der Waals surface area contributed by atoms with Gasteiger partial charge in [-0.3, -0.25) is 9.69 Å². The Bertz CT molecular complexity index is 324. The van der Waals surface area contributed by atoms with E-state index in [2.05, 4.69) is 23.7 Å². The van der Waals surface area contributed by atoms with Gasteiger partial charge in [0.1, 0.15) is 0 Å². The first-order valence-corrected chi connectivity index (χ1v) is 8.42. The lowest BCUT2D eigenvalue weighted by Crippen LogP contribution is -2.44. The van der Waals surface area contributed by atoms with E-state index in [-0.39, 0.29) is 5.91 Å². The van der Waals surface area contributed by atoms with Gasteiger partial charge in [-0.1, -0.05) is 19.1 Å². The minimum atomic E-state index is 0.239. The summed E-state index contributed by atoms with van der Waals surface area (Å²) in [5.41, 5.74) is 1.05. The molecule has 0 unspecified atom stereocenters. The van der Waals surface area contributed by atoms with Crippen molar-refractivity contribution in [3.63, 3.8) is 0 Å². The molecule has 0 bridgehead atoms. The predicted octanol–water partition coefficient (Wildman–Crippen LogP) is 2.12. The predicted molar refractivity (Wildman–Crippen MR) is 89.4 cm³/mol. The maximum absolute atomic E-state index is 12.5. The Hall–Kier alpha value is -0.870. The van der Waals surface area contributed by atoms with Crippen LogP contribution in [0.15, 0.2) is 12.2 Å². The van der Waals surface area contributed by atoms with Gasteiger partial charge in [0.2, 0.25) is 5.91 Å². The SMILES string of the molecule is C=C(C)CN(CC)C(=O)CN(CCC)CC1CCNCC1. The lowest BCUT2D eigenvalue weighted by atomic mass is 9.97. The molecule has 1 aliphatic heterocycles. The fourth-order valence-corrected chi connectivity index (χ4v) is 2.97. The first-order valence-electron chi connectivity index (χ1n) is 8.42. The Labute approximate surface area is 130 Å². The van der Waals surface area contributed by atoms with Crippen LogP contribution in [0.2, 0.25) is 0 Å². The molecule has 1 N–H and O–H groups in total. The quantitative estimate of drug-likeness (QED) is 0.662. The average molecular weight is 295 g/mol. The highest BCUT2D eigenvalue weighted by Crippen LogP contribution is 2.14. The molecule has 1 fully saturated rings. The monoisotopic (exact) mass is 295 g/mol. The average Bonchev–Trinajstić information content (AvgIpc) is 2.45. The molecule has 1 amide bonds. The Morgan fingerprint density at radius 3 is 2.43 bits per heavy atom. The van der Waals surface area contributed by atoms with Gasteiger partial charge in [0.25, 0.3) is 0 Å². The summed E-state index contributed by atoms with van der Waals surface area (Å²) in [4.78, 5) is 16.7. The zero-order chi connectivity index (χ0) is 15.7. The molecule has 0 aromatic carbocycles. The summed E-state index contributed by atoms with van der Waals surface area (Å²) >= 11 is 0. The maximum atomic E-state index is 12.5. The maximum Gasteiger partial charge on any atom is 0.237 e. The number of rotatable bonds is 9. The third kappa shape index (κ3) is 7.09. The van der Waals surface area contributed by atoms with Gasteiger partial charge in [-0.25, -0.2) is 0 Å². The molecule has 0 spiro atoms. The van der Waals surface area contributed by atoms with Gasteiger partial charge in [-0.05, 0) is 58.7 Å². The Morgan fingerprint density at radius 2 is 1.90 bits per heavy atom. The van der Waals surface area contributed by atoms with E-state index in [0.29, 0.717) is 13.1 Å². The standard InChI is InChI=1S/C17H33N3O/c1-5-11-19(13-16-7-9-18-10-8-16)14-17(21)20(6-2)12-15(3)4/h16,18H,3,5-14H2,1-2,4H3. The number of nitrogens with one attached hydrogen (secondary N) is 1. The molecule has 0 saturated carbocycles. The van der Waals surface area contributed by atoms with Crippen LogP contribution in [-0.2, 0) is 4.79 Å². The molecule has 4 nitrogen and oxygen atoms in total. The van der Waals surface area contributed by atoms with Crippen molar-refractivity contribution < 1.29 is 4.79 Å². The summed E-state index contributed by atoms with van der Waals surface area (Å²) in [5, 5.41) is 3.41. The van der Waals surface area contributed by atoms with Gasteiger partial charge in [-0.2, -0.15) is 0 Å². The zero-order valence-electron chi connectivity index (χ0n) is 14.2. The summed E-state index contributed by atoms with van der Waals surface area (Å²) in [5.74, 6) is 0.977. The Morgan fingerprint density at radius 1 is 1.24 bits per heavy atom. The number of piperidine rings is 1. The van der Waals surface area contributed by atoms with Crippen molar-refractivity contribution in [3.05, 3.63) is 12.2 Å². The number of carbonyl (C=O) groups is 1. The fourth-order valence-electron chi connectivity index (χ4n) is 2.97. The van der Waals surface area contributed by atoms with Crippen LogP contribution < -0.4 is 5.32 Å². The lowest BCUT2D eigenvalue weighted by Gasteiger charge is -2.31. The summed E-state index contributed by atoms with van der Waals surface area (Å²) < 4.78 is 0.